The maximum Gasteiger partial charge on any atom is 0.271 e. The number of hydrogen-bond donors (Lipinski definition) is 2. The van der Waals surface area contributed by atoms with Gasteiger partial charge in [0.05, 0.1) is 22.7 Å². The highest BCUT2D eigenvalue weighted by molar-refractivity contribution is 7.89. The Morgan fingerprint density at radius 3 is 2.46 bits per heavy atom. The third kappa shape index (κ3) is 3.68. The van der Waals surface area contributed by atoms with E-state index in [2.05, 4.69) is 5.10 Å². The molecule has 0 saturated heterocycles. The number of nitrogens with two attached hydrogens (primary N) is 1. The van der Waals surface area contributed by atoms with Crippen LogP contribution in [0.4, 0.5) is 8.78 Å². The summed E-state index contributed by atoms with van der Waals surface area (Å²) in [5.41, 5.74) is 1.37. The summed E-state index contributed by atoms with van der Waals surface area (Å²) >= 11 is 0. The lowest BCUT2D eigenvalue weighted by Crippen LogP contribution is -2.27. The van der Waals surface area contributed by atoms with Crippen molar-refractivity contribution in [3.8, 4) is 0 Å². The summed E-state index contributed by atoms with van der Waals surface area (Å²) in [4.78, 5) is 12.2. The number of hydrogen-bond acceptors (Lipinski definition) is 3. The second-order valence-electron chi connectivity index (χ2n) is 6.23. The van der Waals surface area contributed by atoms with Crippen LogP contribution in [0.3, 0.4) is 0 Å². The molecule has 0 aliphatic rings. The van der Waals surface area contributed by atoms with Crippen molar-refractivity contribution in [3.63, 3.8) is 0 Å². The van der Waals surface area contributed by atoms with Gasteiger partial charge in [0.25, 0.3) is 5.56 Å². The lowest BCUT2D eigenvalue weighted by atomic mass is 10.1. The number of nitrogens with one attached hydrogen (secondary N) is 1. The second-order valence-corrected chi connectivity index (χ2v) is 8.21. The van der Waals surface area contributed by atoms with Crippen molar-refractivity contribution in [2.75, 3.05) is 0 Å². The van der Waals surface area contributed by atoms with E-state index in [0.717, 1.165) is 12.1 Å². The number of sulfonamides is 1. The first-order chi connectivity index (χ1) is 12.1. The average Bonchev–Trinajstić information content (AvgIpc) is 2.86. The molecule has 0 spiro atoms. The highest BCUT2D eigenvalue weighted by Gasteiger charge is 2.17. The molecule has 9 heteroatoms. The maximum absolute atomic E-state index is 13.4. The van der Waals surface area contributed by atoms with Gasteiger partial charge < -0.3 is 0 Å². The van der Waals surface area contributed by atoms with Crippen molar-refractivity contribution >= 4 is 20.9 Å². The first-order valence-corrected chi connectivity index (χ1v) is 9.43. The molecule has 0 saturated carbocycles. The second kappa shape index (κ2) is 6.65. The quantitative estimate of drug-likeness (QED) is 0.706. The molecule has 138 valence electrons. The number of aromatic nitrogens is 2. The predicted octanol–water partition coefficient (Wildman–Crippen LogP) is 1.88. The SMILES string of the molecule is CC(Cc1ccc2c(c1)c(=O)[nH]n2Cc1ccc(F)c(F)c1)S(N)(=O)=O. The number of fused-ring (bicyclic) bond motifs is 1. The van der Waals surface area contributed by atoms with Crippen LogP contribution in [0.2, 0.25) is 0 Å². The molecule has 3 N–H and O–H groups in total. The molecule has 6 nitrogen and oxygen atoms in total. The Hall–Kier alpha value is -2.52. The summed E-state index contributed by atoms with van der Waals surface area (Å²) in [7, 11) is -3.66. The van der Waals surface area contributed by atoms with E-state index in [0.29, 0.717) is 22.0 Å². The fourth-order valence-electron chi connectivity index (χ4n) is 2.76. The standard InChI is InChI=1S/C17H17F2N3O3S/c1-10(26(20,24)25)6-11-3-5-16-13(7-11)17(23)21-22(16)9-12-2-4-14(18)15(19)8-12/h2-5,7-8,10H,6,9H2,1H3,(H,21,23)(H2,20,24,25). The summed E-state index contributed by atoms with van der Waals surface area (Å²) in [6, 6.07) is 8.53. The van der Waals surface area contributed by atoms with Crippen molar-refractivity contribution in [2.45, 2.75) is 25.1 Å². The number of nitrogens with zero attached hydrogens (tertiary/aromatic N) is 1. The van der Waals surface area contributed by atoms with Crippen molar-refractivity contribution in [3.05, 3.63) is 69.5 Å². The molecule has 0 aliphatic carbocycles. The zero-order valence-electron chi connectivity index (χ0n) is 13.9. The van der Waals surface area contributed by atoms with Crippen LogP contribution in [0.15, 0.2) is 41.2 Å². The number of benzene rings is 2. The van der Waals surface area contributed by atoms with Gasteiger partial charge in [-0.05, 0) is 48.7 Å². The summed E-state index contributed by atoms with van der Waals surface area (Å²) in [6.07, 6.45) is 0.183. The van der Waals surface area contributed by atoms with Crippen molar-refractivity contribution in [2.24, 2.45) is 5.14 Å². The molecule has 3 aromatic rings. The molecule has 1 atom stereocenters. The van der Waals surface area contributed by atoms with E-state index in [9.17, 15) is 22.0 Å². The Kier molecular flexibility index (Phi) is 4.68. The van der Waals surface area contributed by atoms with Gasteiger partial charge in [0.15, 0.2) is 11.6 Å². The minimum atomic E-state index is -3.66. The minimum absolute atomic E-state index is 0.156. The van der Waals surface area contributed by atoms with Crippen LogP contribution < -0.4 is 10.7 Å². The molecule has 1 heterocycles. The molecule has 0 radical (unpaired) electrons. The van der Waals surface area contributed by atoms with Crippen LogP contribution in [0.5, 0.6) is 0 Å². The largest absolute Gasteiger partial charge is 0.280 e. The molecule has 26 heavy (non-hydrogen) atoms. The van der Waals surface area contributed by atoms with E-state index in [-0.39, 0.29) is 18.5 Å². The van der Waals surface area contributed by atoms with Gasteiger partial charge in [-0.2, -0.15) is 0 Å². The molecule has 0 fully saturated rings. The Labute approximate surface area is 148 Å². The molecule has 3 rings (SSSR count). The highest BCUT2D eigenvalue weighted by Crippen LogP contribution is 2.17. The van der Waals surface area contributed by atoms with E-state index in [1.54, 1.807) is 18.2 Å². The van der Waals surface area contributed by atoms with Gasteiger partial charge in [0, 0.05) is 0 Å². The molecule has 1 aromatic heterocycles. The summed E-state index contributed by atoms with van der Waals surface area (Å²) < 4.78 is 50.7. The molecule has 0 aliphatic heterocycles. The van der Waals surface area contributed by atoms with E-state index < -0.39 is 26.9 Å². The lowest BCUT2D eigenvalue weighted by Gasteiger charge is -2.09. The fraction of sp³-hybridized carbons (Fsp3) is 0.235. The van der Waals surface area contributed by atoms with Crippen LogP contribution in [0.1, 0.15) is 18.1 Å². The topological polar surface area (TPSA) is 97.9 Å². The van der Waals surface area contributed by atoms with E-state index >= 15 is 0 Å². The number of rotatable bonds is 5. The molecule has 0 amide bonds. The Balaban J connectivity index is 1.94. The van der Waals surface area contributed by atoms with Gasteiger partial charge in [-0.3, -0.25) is 14.6 Å². The van der Waals surface area contributed by atoms with E-state index in [4.69, 9.17) is 5.14 Å². The van der Waals surface area contributed by atoms with E-state index in [1.165, 1.54) is 17.7 Å². The Morgan fingerprint density at radius 2 is 1.81 bits per heavy atom. The Morgan fingerprint density at radius 1 is 1.12 bits per heavy atom. The van der Waals surface area contributed by atoms with Crippen molar-refractivity contribution in [1.29, 1.82) is 0 Å². The van der Waals surface area contributed by atoms with Crippen LogP contribution >= 0.6 is 0 Å². The molecule has 2 aromatic carbocycles. The smallest absolute Gasteiger partial charge is 0.271 e. The third-order valence-electron chi connectivity index (χ3n) is 4.24. The minimum Gasteiger partial charge on any atom is -0.280 e. The van der Waals surface area contributed by atoms with Crippen LogP contribution in [0, 0.1) is 11.6 Å². The van der Waals surface area contributed by atoms with Crippen molar-refractivity contribution in [1.82, 2.24) is 9.78 Å². The highest BCUT2D eigenvalue weighted by atomic mass is 32.2. The Bertz CT molecular complexity index is 1140. The van der Waals surface area contributed by atoms with Gasteiger partial charge in [0.1, 0.15) is 0 Å². The van der Waals surface area contributed by atoms with Gasteiger partial charge in [-0.25, -0.2) is 22.3 Å². The van der Waals surface area contributed by atoms with Gasteiger partial charge in [-0.1, -0.05) is 12.1 Å². The zero-order valence-corrected chi connectivity index (χ0v) is 14.7. The first-order valence-electron chi connectivity index (χ1n) is 7.82. The average molecular weight is 381 g/mol. The summed E-state index contributed by atoms with van der Waals surface area (Å²) in [6.45, 7) is 1.65. The normalized spacial score (nSPS) is 13.2. The zero-order chi connectivity index (χ0) is 19.1. The van der Waals surface area contributed by atoms with E-state index in [1.807, 2.05) is 0 Å². The number of halogens is 2. The number of aromatic amines is 1. The third-order valence-corrected chi connectivity index (χ3v) is 5.53. The number of H-pyrrole nitrogens is 1. The van der Waals surface area contributed by atoms with Gasteiger partial charge >= 0.3 is 0 Å². The molecule has 1 unspecified atom stereocenters. The van der Waals surface area contributed by atoms with Crippen LogP contribution in [0.25, 0.3) is 10.9 Å². The summed E-state index contributed by atoms with van der Waals surface area (Å²) in [5.74, 6) is -1.89. The lowest BCUT2D eigenvalue weighted by molar-refractivity contribution is 0.506. The van der Waals surface area contributed by atoms with Crippen LogP contribution in [-0.2, 0) is 23.0 Å². The monoisotopic (exact) mass is 381 g/mol. The van der Waals surface area contributed by atoms with Gasteiger partial charge in [0.2, 0.25) is 10.0 Å². The first kappa shape index (κ1) is 18.3. The maximum atomic E-state index is 13.4. The fourth-order valence-corrected chi connectivity index (χ4v) is 3.19. The predicted molar refractivity (Wildman–Crippen MR) is 94.3 cm³/mol. The van der Waals surface area contributed by atoms with Gasteiger partial charge in [-0.15, -0.1) is 0 Å². The van der Waals surface area contributed by atoms with Crippen molar-refractivity contribution < 1.29 is 17.2 Å². The number of primary sulfonamides is 1. The molecular weight excluding hydrogens is 364 g/mol. The summed E-state index contributed by atoms with van der Waals surface area (Å²) in [5, 5.41) is 7.38. The molecule has 0 bridgehead atoms. The molecular formula is C17H17F2N3O3S. The van der Waals surface area contributed by atoms with Crippen LogP contribution in [-0.4, -0.2) is 23.4 Å².